The maximum atomic E-state index is 12.1. The Morgan fingerprint density at radius 2 is 1.80 bits per heavy atom. The molecule has 1 aromatic heterocycles. The highest BCUT2D eigenvalue weighted by atomic mass is 16.2. The number of nitrogens with zero attached hydrogens (tertiary/aromatic N) is 5. The van der Waals surface area contributed by atoms with E-state index in [1.165, 1.54) is 7.05 Å². The molecule has 0 atom stereocenters. The molecule has 1 aromatic rings. The molecular formula is C13H13N5O2. The van der Waals surface area contributed by atoms with Gasteiger partial charge < -0.3 is 9.13 Å². The number of rotatable bonds is 1. The van der Waals surface area contributed by atoms with Crippen LogP contribution in [0.4, 0.5) is 0 Å². The van der Waals surface area contributed by atoms with E-state index in [0.717, 1.165) is 10.3 Å². The van der Waals surface area contributed by atoms with Crippen molar-refractivity contribution in [3.05, 3.63) is 45.4 Å². The van der Waals surface area contributed by atoms with Crippen molar-refractivity contribution in [1.29, 1.82) is 0 Å². The molecule has 7 heteroatoms. The van der Waals surface area contributed by atoms with Gasteiger partial charge in [-0.3, -0.25) is 9.36 Å². The van der Waals surface area contributed by atoms with E-state index < -0.39 is 11.2 Å². The van der Waals surface area contributed by atoms with E-state index in [4.69, 9.17) is 0 Å². The Kier molecular flexibility index (Phi) is 2.56. The average Bonchev–Trinajstić information content (AvgIpc) is 2.83. The second-order valence-electron chi connectivity index (χ2n) is 4.67. The topological polar surface area (TPSA) is 74.7 Å². The third kappa shape index (κ3) is 1.67. The maximum Gasteiger partial charge on any atom is 0.352 e. The Bertz CT molecular complexity index is 887. The normalized spacial score (nSPS) is 11.2. The van der Waals surface area contributed by atoms with E-state index in [-0.39, 0.29) is 11.5 Å². The smallest absolute Gasteiger partial charge is 0.349 e. The van der Waals surface area contributed by atoms with Crippen molar-refractivity contribution in [3.8, 4) is 22.9 Å². The molecule has 0 aliphatic carbocycles. The first kappa shape index (κ1) is 12.3. The first-order chi connectivity index (χ1) is 9.49. The van der Waals surface area contributed by atoms with Crippen molar-refractivity contribution >= 4 is 0 Å². The van der Waals surface area contributed by atoms with Crippen LogP contribution in [0, 0.1) is 0 Å². The quantitative estimate of drug-likeness (QED) is 0.623. The Hall–Kier alpha value is -2.70. The van der Waals surface area contributed by atoms with Gasteiger partial charge in [-0.25, -0.2) is 9.78 Å². The molecule has 0 aromatic carbocycles. The summed E-state index contributed by atoms with van der Waals surface area (Å²) in [4.78, 5) is 32.0. The van der Waals surface area contributed by atoms with Gasteiger partial charge in [-0.1, -0.05) is 0 Å². The van der Waals surface area contributed by atoms with Gasteiger partial charge in [0.05, 0.1) is 5.69 Å². The second-order valence-corrected chi connectivity index (χ2v) is 4.67. The van der Waals surface area contributed by atoms with E-state index >= 15 is 0 Å². The predicted octanol–water partition coefficient (Wildman–Crippen LogP) is -0.0157. The predicted molar refractivity (Wildman–Crippen MR) is 73.5 cm³/mol. The highest BCUT2D eigenvalue weighted by Gasteiger charge is 2.18. The molecule has 2 aliphatic heterocycles. The molecule has 0 saturated heterocycles. The summed E-state index contributed by atoms with van der Waals surface area (Å²) in [7, 11) is 5.04. The summed E-state index contributed by atoms with van der Waals surface area (Å²) in [6.07, 6.45) is 3.65. The van der Waals surface area contributed by atoms with Gasteiger partial charge in [0.2, 0.25) is 0 Å². The summed E-state index contributed by atoms with van der Waals surface area (Å²) in [5, 5.41) is 0. The summed E-state index contributed by atoms with van der Waals surface area (Å²) < 4.78 is 4.52. The molecule has 0 amide bonds. The summed E-state index contributed by atoms with van der Waals surface area (Å²) in [5.41, 5.74) is 0.715. The van der Waals surface area contributed by atoms with Crippen molar-refractivity contribution in [3.63, 3.8) is 0 Å². The van der Waals surface area contributed by atoms with Crippen LogP contribution in [0.5, 0.6) is 0 Å². The third-order valence-electron chi connectivity index (χ3n) is 3.30. The fraction of sp³-hybridized carbons (Fsp3) is 0.231. The van der Waals surface area contributed by atoms with Gasteiger partial charge in [-0.2, -0.15) is 4.98 Å². The van der Waals surface area contributed by atoms with Crippen molar-refractivity contribution in [2.45, 2.75) is 0 Å². The van der Waals surface area contributed by atoms with Crippen molar-refractivity contribution in [2.75, 3.05) is 0 Å². The SMILES string of the molecule is Cn1cccc1-c1cn(C)c2nc(=O)n(C)c(=O)c-2n1. The molecule has 20 heavy (non-hydrogen) atoms. The molecule has 0 unspecified atom stereocenters. The first-order valence-corrected chi connectivity index (χ1v) is 6.05. The summed E-state index contributed by atoms with van der Waals surface area (Å²) in [6.45, 7) is 0. The van der Waals surface area contributed by atoms with E-state index in [9.17, 15) is 9.59 Å². The van der Waals surface area contributed by atoms with Crippen LogP contribution >= 0.6 is 0 Å². The molecule has 0 saturated carbocycles. The maximum absolute atomic E-state index is 12.1. The number of aryl methyl sites for hydroxylation is 2. The number of fused-ring (bicyclic) bond motifs is 1. The van der Waals surface area contributed by atoms with Crippen LogP contribution in [0.3, 0.4) is 0 Å². The van der Waals surface area contributed by atoms with Gasteiger partial charge >= 0.3 is 5.69 Å². The molecule has 0 bridgehead atoms. The van der Waals surface area contributed by atoms with Crippen molar-refractivity contribution in [2.24, 2.45) is 21.1 Å². The molecule has 102 valence electrons. The largest absolute Gasteiger partial charge is 0.352 e. The van der Waals surface area contributed by atoms with E-state index in [1.54, 1.807) is 17.8 Å². The zero-order valence-corrected chi connectivity index (χ0v) is 11.4. The van der Waals surface area contributed by atoms with E-state index in [2.05, 4.69) is 9.97 Å². The Balaban J connectivity index is 2.41. The fourth-order valence-electron chi connectivity index (χ4n) is 2.15. The summed E-state index contributed by atoms with van der Waals surface area (Å²) >= 11 is 0. The highest BCUT2D eigenvalue weighted by Crippen LogP contribution is 2.20. The minimum atomic E-state index is -0.577. The minimum absolute atomic E-state index is 0.188. The fourth-order valence-corrected chi connectivity index (χ4v) is 2.15. The lowest BCUT2D eigenvalue weighted by Gasteiger charge is -2.12. The lowest BCUT2D eigenvalue weighted by atomic mass is 10.3. The molecular weight excluding hydrogens is 258 g/mol. The molecule has 0 radical (unpaired) electrons. The van der Waals surface area contributed by atoms with Crippen molar-refractivity contribution < 1.29 is 0 Å². The van der Waals surface area contributed by atoms with Crippen LogP contribution in [-0.2, 0) is 21.1 Å². The summed E-state index contributed by atoms with van der Waals surface area (Å²) in [6, 6.07) is 3.81. The van der Waals surface area contributed by atoms with Crippen LogP contribution in [0.25, 0.3) is 22.9 Å². The van der Waals surface area contributed by atoms with Crippen LogP contribution in [-0.4, -0.2) is 23.7 Å². The molecule has 7 nitrogen and oxygen atoms in total. The second kappa shape index (κ2) is 4.16. The molecule has 0 spiro atoms. The Morgan fingerprint density at radius 3 is 2.45 bits per heavy atom. The lowest BCUT2D eigenvalue weighted by Crippen LogP contribution is -2.36. The van der Waals surface area contributed by atoms with Crippen molar-refractivity contribution in [1.82, 2.24) is 23.7 Å². The van der Waals surface area contributed by atoms with Crippen LogP contribution in [0.2, 0.25) is 0 Å². The lowest BCUT2D eigenvalue weighted by molar-refractivity contribution is 0.738. The van der Waals surface area contributed by atoms with Gasteiger partial charge in [-0.15, -0.1) is 0 Å². The Labute approximate surface area is 114 Å². The average molecular weight is 271 g/mol. The van der Waals surface area contributed by atoms with Crippen LogP contribution in [0.1, 0.15) is 0 Å². The van der Waals surface area contributed by atoms with Crippen LogP contribution in [0.15, 0.2) is 34.1 Å². The van der Waals surface area contributed by atoms with Gasteiger partial charge in [-0.05, 0) is 12.1 Å². The number of aromatic nitrogens is 5. The van der Waals surface area contributed by atoms with Gasteiger partial charge in [0.1, 0.15) is 5.69 Å². The number of hydrogen-bond donors (Lipinski definition) is 0. The monoisotopic (exact) mass is 271 g/mol. The molecule has 3 heterocycles. The molecule has 0 N–H and O–H groups in total. The third-order valence-corrected chi connectivity index (χ3v) is 3.30. The Morgan fingerprint density at radius 1 is 1.05 bits per heavy atom. The molecule has 2 aliphatic rings. The van der Waals surface area contributed by atoms with Crippen LogP contribution < -0.4 is 11.2 Å². The highest BCUT2D eigenvalue weighted by molar-refractivity contribution is 5.60. The number of hydrogen-bond acceptors (Lipinski definition) is 4. The minimum Gasteiger partial charge on any atom is -0.349 e. The molecule has 0 fully saturated rings. The first-order valence-electron chi connectivity index (χ1n) is 6.05. The zero-order valence-electron chi connectivity index (χ0n) is 11.4. The standard InChI is InChI=1S/C13H13N5O2/c1-16-6-4-5-9(16)8-7-17(2)11-10(14-8)12(19)18(3)13(20)15-11/h4-7H,1-3H3. The zero-order chi connectivity index (χ0) is 14.4. The van der Waals surface area contributed by atoms with E-state index in [1.807, 2.05) is 29.9 Å². The van der Waals surface area contributed by atoms with Gasteiger partial charge in [0.15, 0.2) is 11.5 Å². The molecule has 3 rings (SSSR count). The van der Waals surface area contributed by atoms with Gasteiger partial charge in [0.25, 0.3) is 5.56 Å². The van der Waals surface area contributed by atoms with E-state index in [0.29, 0.717) is 5.69 Å². The summed E-state index contributed by atoms with van der Waals surface area (Å²) in [5.74, 6) is 0.288. The van der Waals surface area contributed by atoms with Gasteiger partial charge in [0, 0.05) is 33.5 Å².